The first-order chi connectivity index (χ1) is 13.3. The number of piperidine rings is 1. The van der Waals surface area contributed by atoms with Gasteiger partial charge in [0.15, 0.2) is 10.8 Å². The number of amides is 1. The molecule has 4 heterocycles. The Hall–Kier alpha value is -2.71. The van der Waals surface area contributed by atoms with Crippen LogP contribution in [0.4, 0.5) is 0 Å². The predicted octanol–water partition coefficient (Wildman–Crippen LogP) is 2.82. The Morgan fingerprint density at radius 1 is 1.19 bits per heavy atom. The van der Waals surface area contributed by atoms with Gasteiger partial charge in [0.25, 0.3) is 5.91 Å². The van der Waals surface area contributed by atoms with Gasteiger partial charge in [0.05, 0.1) is 18.4 Å². The number of carbonyl (C=O) groups excluding carboxylic acids is 1. The van der Waals surface area contributed by atoms with Crippen LogP contribution in [0.5, 0.6) is 0 Å². The fraction of sp³-hybridized carbons (Fsp3) is 0.316. The molecule has 3 aromatic rings. The van der Waals surface area contributed by atoms with Crippen molar-refractivity contribution in [3.8, 4) is 10.8 Å². The number of ether oxygens (including phenoxy) is 1. The number of thiazole rings is 1. The summed E-state index contributed by atoms with van der Waals surface area (Å²) in [5.41, 5.74) is 1.33. The highest BCUT2D eigenvalue weighted by molar-refractivity contribution is 7.13. The van der Waals surface area contributed by atoms with Crippen molar-refractivity contribution in [1.29, 1.82) is 0 Å². The molecule has 1 unspecified atom stereocenters. The lowest BCUT2D eigenvalue weighted by Gasteiger charge is -2.32. The number of aromatic nitrogens is 4. The number of likely N-dealkylation sites (tertiary alicyclic amines) is 1. The monoisotopic (exact) mass is 381 g/mol. The Morgan fingerprint density at radius 2 is 2.04 bits per heavy atom. The van der Waals surface area contributed by atoms with Gasteiger partial charge in [-0.25, -0.2) is 15.0 Å². The zero-order valence-corrected chi connectivity index (χ0v) is 15.5. The summed E-state index contributed by atoms with van der Waals surface area (Å²) in [6.45, 7) is 1.75. The number of pyridine rings is 1. The van der Waals surface area contributed by atoms with E-state index in [0.29, 0.717) is 29.7 Å². The molecule has 1 saturated heterocycles. The van der Waals surface area contributed by atoms with Crippen LogP contribution in [0.2, 0.25) is 0 Å². The van der Waals surface area contributed by atoms with E-state index in [0.717, 1.165) is 25.1 Å². The summed E-state index contributed by atoms with van der Waals surface area (Å²) >= 11 is 1.38. The molecule has 138 valence electrons. The molecule has 7 nitrogen and oxygen atoms in total. The van der Waals surface area contributed by atoms with E-state index in [1.165, 1.54) is 11.3 Å². The van der Waals surface area contributed by atoms with E-state index in [-0.39, 0.29) is 12.0 Å². The lowest BCUT2D eigenvalue weighted by Crippen LogP contribution is -2.43. The Labute approximate surface area is 161 Å². The van der Waals surface area contributed by atoms with E-state index in [2.05, 4.69) is 19.9 Å². The molecule has 1 aliphatic rings. The summed E-state index contributed by atoms with van der Waals surface area (Å²) in [6.07, 6.45) is 6.96. The molecule has 0 aliphatic carbocycles. The van der Waals surface area contributed by atoms with Gasteiger partial charge in [-0.15, -0.1) is 11.3 Å². The standard InChI is InChI=1S/C19H19N5O2S/c25-19(16-13-27-18(23-16)17-21-8-4-9-22-17)24-10-3-6-15(11-24)26-12-14-5-1-2-7-20-14/h1-2,4-5,7-9,13,15H,3,6,10-12H2. The molecule has 0 spiro atoms. The minimum Gasteiger partial charge on any atom is -0.370 e. The maximum Gasteiger partial charge on any atom is 0.273 e. The van der Waals surface area contributed by atoms with Gasteiger partial charge >= 0.3 is 0 Å². The third-order valence-electron chi connectivity index (χ3n) is 4.34. The van der Waals surface area contributed by atoms with E-state index < -0.39 is 0 Å². The molecule has 0 radical (unpaired) electrons. The Balaban J connectivity index is 1.38. The molecule has 1 amide bonds. The van der Waals surface area contributed by atoms with Crippen LogP contribution in [-0.4, -0.2) is 49.9 Å². The van der Waals surface area contributed by atoms with E-state index in [9.17, 15) is 4.79 Å². The minimum atomic E-state index is -0.0698. The summed E-state index contributed by atoms with van der Waals surface area (Å²) in [5, 5.41) is 2.42. The number of nitrogens with zero attached hydrogens (tertiary/aromatic N) is 5. The molecule has 8 heteroatoms. The zero-order valence-electron chi connectivity index (χ0n) is 14.7. The Morgan fingerprint density at radius 3 is 2.85 bits per heavy atom. The number of hydrogen-bond donors (Lipinski definition) is 0. The highest BCUT2D eigenvalue weighted by Gasteiger charge is 2.26. The highest BCUT2D eigenvalue weighted by atomic mass is 32.1. The first kappa shape index (κ1) is 17.7. The molecule has 4 rings (SSSR count). The van der Waals surface area contributed by atoms with Crippen molar-refractivity contribution in [2.45, 2.75) is 25.6 Å². The van der Waals surface area contributed by atoms with Gasteiger partial charge in [-0.2, -0.15) is 0 Å². The van der Waals surface area contributed by atoms with Crippen molar-refractivity contribution < 1.29 is 9.53 Å². The molecule has 1 fully saturated rings. The van der Waals surface area contributed by atoms with Crippen molar-refractivity contribution in [2.75, 3.05) is 13.1 Å². The third-order valence-corrected chi connectivity index (χ3v) is 5.18. The smallest absolute Gasteiger partial charge is 0.273 e. The van der Waals surface area contributed by atoms with Gasteiger partial charge in [-0.1, -0.05) is 6.07 Å². The van der Waals surface area contributed by atoms with Crippen LogP contribution in [0.15, 0.2) is 48.2 Å². The zero-order chi connectivity index (χ0) is 18.5. The van der Waals surface area contributed by atoms with Crippen molar-refractivity contribution in [3.05, 3.63) is 59.6 Å². The van der Waals surface area contributed by atoms with Crippen LogP contribution in [0, 0.1) is 0 Å². The second-order valence-electron chi connectivity index (χ2n) is 6.26. The van der Waals surface area contributed by atoms with Gasteiger partial charge < -0.3 is 9.64 Å². The summed E-state index contributed by atoms with van der Waals surface area (Å²) in [4.78, 5) is 31.7. The van der Waals surface area contributed by atoms with Crippen LogP contribution in [0.3, 0.4) is 0 Å². The number of hydrogen-bond acceptors (Lipinski definition) is 7. The quantitative estimate of drug-likeness (QED) is 0.676. The van der Waals surface area contributed by atoms with Gasteiger partial charge in [0.2, 0.25) is 0 Å². The maximum atomic E-state index is 12.8. The van der Waals surface area contributed by atoms with Gasteiger partial charge in [-0.05, 0) is 31.0 Å². The number of rotatable bonds is 5. The van der Waals surface area contributed by atoms with Gasteiger partial charge in [-0.3, -0.25) is 9.78 Å². The SMILES string of the molecule is O=C(c1csc(-c2ncccn2)n1)N1CCCC(OCc2ccccn2)C1. The van der Waals surface area contributed by atoms with Crippen molar-refractivity contribution in [2.24, 2.45) is 0 Å². The molecular formula is C19H19N5O2S. The predicted molar refractivity (Wildman–Crippen MR) is 101 cm³/mol. The largest absolute Gasteiger partial charge is 0.370 e. The fourth-order valence-electron chi connectivity index (χ4n) is 2.99. The second kappa shape index (κ2) is 8.32. The minimum absolute atomic E-state index is 0.0141. The summed E-state index contributed by atoms with van der Waals surface area (Å²) in [7, 11) is 0. The van der Waals surface area contributed by atoms with Gasteiger partial charge in [0.1, 0.15) is 5.69 Å². The van der Waals surface area contributed by atoms with E-state index in [1.54, 1.807) is 30.0 Å². The van der Waals surface area contributed by atoms with Crippen molar-refractivity contribution in [3.63, 3.8) is 0 Å². The fourth-order valence-corrected chi connectivity index (χ4v) is 3.73. The van der Waals surface area contributed by atoms with Crippen LogP contribution in [-0.2, 0) is 11.3 Å². The average molecular weight is 381 g/mol. The highest BCUT2D eigenvalue weighted by Crippen LogP contribution is 2.22. The lowest BCUT2D eigenvalue weighted by molar-refractivity contribution is -0.00798. The van der Waals surface area contributed by atoms with Crippen molar-refractivity contribution in [1.82, 2.24) is 24.8 Å². The summed E-state index contributed by atoms with van der Waals surface area (Å²) in [5.74, 6) is 0.469. The van der Waals surface area contributed by atoms with E-state index in [4.69, 9.17) is 4.74 Å². The molecular weight excluding hydrogens is 362 g/mol. The Bertz CT molecular complexity index is 887. The van der Waals surface area contributed by atoms with Crippen LogP contribution < -0.4 is 0 Å². The summed E-state index contributed by atoms with van der Waals surface area (Å²) < 4.78 is 5.97. The second-order valence-corrected chi connectivity index (χ2v) is 7.12. The molecule has 0 saturated carbocycles. The molecule has 27 heavy (non-hydrogen) atoms. The Kier molecular flexibility index (Phi) is 5.45. The molecule has 0 N–H and O–H groups in total. The van der Waals surface area contributed by atoms with E-state index >= 15 is 0 Å². The average Bonchev–Trinajstić information content (AvgIpc) is 3.24. The van der Waals surface area contributed by atoms with Crippen LogP contribution in [0.1, 0.15) is 29.0 Å². The lowest BCUT2D eigenvalue weighted by atomic mass is 10.1. The van der Waals surface area contributed by atoms with Gasteiger partial charge in [0, 0.05) is 37.1 Å². The first-order valence-corrected chi connectivity index (χ1v) is 9.71. The maximum absolute atomic E-state index is 12.8. The topological polar surface area (TPSA) is 81.1 Å². The van der Waals surface area contributed by atoms with Crippen molar-refractivity contribution >= 4 is 17.2 Å². The molecule has 1 aliphatic heterocycles. The molecule has 1 atom stereocenters. The molecule has 0 aromatic carbocycles. The van der Waals surface area contributed by atoms with Crippen LogP contribution in [0.25, 0.3) is 10.8 Å². The normalized spacial score (nSPS) is 17.0. The number of carbonyl (C=O) groups is 1. The summed E-state index contributed by atoms with van der Waals surface area (Å²) in [6, 6.07) is 7.52. The third kappa shape index (κ3) is 4.35. The molecule has 3 aromatic heterocycles. The van der Waals surface area contributed by atoms with E-state index in [1.807, 2.05) is 23.1 Å². The molecule has 0 bridgehead atoms. The first-order valence-electron chi connectivity index (χ1n) is 8.83. The van der Waals surface area contributed by atoms with Crippen LogP contribution >= 0.6 is 11.3 Å².